The highest BCUT2D eigenvalue weighted by Crippen LogP contribution is 2.29. The highest BCUT2D eigenvalue weighted by Gasteiger charge is 2.20. The van der Waals surface area contributed by atoms with Gasteiger partial charge >= 0.3 is 0 Å². The summed E-state index contributed by atoms with van der Waals surface area (Å²) in [5.74, 6) is 1.73. The molecule has 0 spiro atoms. The first-order chi connectivity index (χ1) is 9.70. The van der Waals surface area contributed by atoms with Gasteiger partial charge in [0.2, 0.25) is 0 Å². The summed E-state index contributed by atoms with van der Waals surface area (Å²) >= 11 is 3.52. The van der Waals surface area contributed by atoms with Crippen LogP contribution in [0.25, 0.3) is 0 Å². The summed E-state index contributed by atoms with van der Waals surface area (Å²) in [5, 5.41) is 3.53. The maximum atomic E-state index is 5.63. The van der Waals surface area contributed by atoms with E-state index in [1.807, 2.05) is 6.07 Å². The maximum absolute atomic E-state index is 5.63. The van der Waals surface area contributed by atoms with Crippen molar-refractivity contribution < 1.29 is 9.47 Å². The Morgan fingerprint density at radius 3 is 2.85 bits per heavy atom. The lowest BCUT2D eigenvalue weighted by atomic mass is 10.1. The van der Waals surface area contributed by atoms with Crippen LogP contribution in [0.5, 0.6) is 5.75 Å². The molecule has 1 aliphatic carbocycles. The number of hydrogen-bond acceptors (Lipinski definition) is 3. The molecule has 0 saturated heterocycles. The number of methoxy groups -OCH3 is 1. The number of hydrogen-bond donors (Lipinski definition) is 1. The minimum Gasteiger partial charge on any atom is -0.496 e. The molecule has 1 aromatic rings. The SMILES string of the molecule is COc1ccc(C(C)NCCCOCC2CC2)cc1Br. The van der Waals surface area contributed by atoms with Gasteiger partial charge in [0, 0.05) is 19.3 Å². The van der Waals surface area contributed by atoms with Crippen LogP contribution in [-0.2, 0) is 4.74 Å². The average molecular weight is 342 g/mol. The second-order valence-corrected chi connectivity index (χ2v) is 6.30. The molecular weight excluding hydrogens is 318 g/mol. The largest absolute Gasteiger partial charge is 0.496 e. The Kier molecular flexibility index (Phi) is 6.33. The molecule has 1 aromatic carbocycles. The summed E-state index contributed by atoms with van der Waals surface area (Å²) in [4.78, 5) is 0. The van der Waals surface area contributed by atoms with Gasteiger partial charge in [-0.25, -0.2) is 0 Å². The van der Waals surface area contributed by atoms with Crippen LogP contribution in [-0.4, -0.2) is 26.9 Å². The van der Waals surface area contributed by atoms with Crippen molar-refractivity contribution in [2.45, 2.75) is 32.2 Å². The van der Waals surface area contributed by atoms with Gasteiger partial charge in [0.1, 0.15) is 5.75 Å². The molecule has 2 rings (SSSR count). The molecule has 1 fully saturated rings. The molecule has 4 heteroatoms. The van der Waals surface area contributed by atoms with Gasteiger partial charge in [-0.05, 0) is 72.3 Å². The van der Waals surface area contributed by atoms with Crippen molar-refractivity contribution in [3.05, 3.63) is 28.2 Å². The van der Waals surface area contributed by atoms with E-state index in [1.54, 1.807) is 7.11 Å². The Labute approximate surface area is 130 Å². The number of halogens is 1. The van der Waals surface area contributed by atoms with E-state index in [0.29, 0.717) is 6.04 Å². The van der Waals surface area contributed by atoms with Crippen molar-refractivity contribution in [1.82, 2.24) is 5.32 Å². The number of nitrogens with one attached hydrogen (secondary N) is 1. The standard InChI is InChI=1S/C16H24BrNO2/c1-12(14-6-7-16(19-2)15(17)10-14)18-8-3-9-20-11-13-4-5-13/h6-7,10,12-13,18H,3-5,8-9,11H2,1-2H3. The molecule has 112 valence electrons. The first-order valence-corrected chi connectivity index (χ1v) is 8.14. The van der Waals surface area contributed by atoms with Crippen molar-refractivity contribution >= 4 is 15.9 Å². The fourth-order valence-electron chi connectivity index (χ4n) is 2.10. The van der Waals surface area contributed by atoms with Crippen molar-refractivity contribution in [3.8, 4) is 5.75 Å². The van der Waals surface area contributed by atoms with Gasteiger partial charge in [-0.3, -0.25) is 0 Å². The molecule has 0 aromatic heterocycles. The van der Waals surface area contributed by atoms with Crippen LogP contribution >= 0.6 is 15.9 Å². The molecular formula is C16H24BrNO2. The Hall–Kier alpha value is -0.580. The summed E-state index contributed by atoms with van der Waals surface area (Å²) < 4.78 is 11.9. The third-order valence-electron chi connectivity index (χ3n) is 3.64. The highest BCUT2D eigenvalue weighted by atomic mass is 79.9. The summed E-state index contributed by atoms with van der Waals surface area (Å²) in [5.41, 5.74) is 1.26. The van der Waals surface area contributed by atoms with E-state index in [9.17, 15) is 0 Å². The molecule has 0 heterocycles. The summed E-state index contributed by atoms with van der Waals surface area (Å²) in [6.45, 7) is 4.98. The normalized spacial score (nSPS) is 16.1. The molecule has 1 atom stereocenters. The minimum absolute atomic E-state index is 0.334. The third kappa shape index (κ3) is 5.08. The Morgan fingerprint density at radius 1 is 1.40 bits per heavy atom. The van der Waals surface area contributed by atoms with Gasteiger partial charge in [-0.15, -0.1) is 0 Å². The van der Waals surface area contributed by atoms with Gasteiger partial charge < -0.3 is 14.8 Å². The van der Waals surface area contributed by atoms with E-state index in [-0.39, 0.29) is 0 Å². The van der Waals surface area contributed by atoms with E-state index in [4.69, 9.17) is 9.47 Å². The van der Waals surface area contributed by atoms with E-state index < -0.39 is 0 Å². The van der Waals surface area contributed by atoms with Crippen LogP contribution in [0, 0.1) is 5.92 Å². The Bertz CT molecular complexity index is 421. The second-order valence-electron chi connectivity index (χ2n) is 5.44. The van der Waals surface area contributed by atoms with Gasteiger partial charge in [0.05, 0.1) is 11.6 Å². The topological polar surface area (TPSA) is 30.5 Å². The van der Waals surface area contributed by atoms with E-state index in [1.165, 1.54) is 18.4 Å². The second kappa shape index (κ2) is 8.01. The molecule has 20 heavy (non-hydrogen) atoms. The zero-order chi connectivity index (χ0) is 14.4. The lowest BCUT2D eigenvalue weighted by Gasteiger charge is -2.15. The smallest absolute Gasteiger partial charge is 0.133 e. The van der Waals surface area contributed by atoms with Crippen LogP contribution in [0.15, 0.2) is 22.7 Å². The summed E-state index contributed by atoms with van der Waals surface area (Å²) in [6, 6.07) is 6.54. The highest BCUT2D eigenvalue weighted by molar-refractivity contribution is 9.10. The zero-order valence-corrected chi connectivity index (χ0v) is 13.9. The number of ether oxygens (including phenoxy) is 2. The van der Waals surface area contributed by atoms with Crippen molar-refractivity contribution in [3.63, 3.8) is 0 Å². The Morgan fingerprint density at radius 2 is 2.20 bits per heavy atom. The van der Waals surface area contributed by atoms with Gasteiger partial charge in [-0.1, -0.05) is 6.07 Å². The molecule has 0 radical (unpaired) electrons. The average Bonchev–Trinajstić information content (AvgIpc) is 3.26. The summed E-state index contributed by atoms with van der Waals surface area (Å²) in [6.07, 6.45) is 3.79. The van der Waals surface area contributed by atoms with Gasteiger partial charge in [0.15, 0.2) is 0 Å². The minimum atomic E-state index is 0.334. The molecule has 1 aliphatic rings. The molecule has 0 bridgehead atoms. The van der Waals surface area contributed by atoms with Crippen LogP contribution in [0.1, 0.15) is 37.8 Å². The quantitative estimate of drug-likeness (QED) is 0.690. The number of benzene rings is 1. The van der Waals surface area contributed by atoms with Crippen LogP contribution < -0.4 is 10.1 Å². The fourth-order valence-corrected chi connectivity index (χ4v) is 2.66. The Balaban J connectivity index is 1.65. The third-order valence-corrected chi connectivity index (χ3v) is 4.26. The first kappa shape index (κ1) is 15.8. The molecule has 3 nitrogen and oxygen atoms in total. The lowest BCUT2D eigenvalue weighted by Crippen LogP contribution is -2.21. The predicted molar refractivity (Wildman–Crippen MR) is 85.3 cm³/mol. The van der Waals surface area contributed by atoms with Gasteiger partial charge in [0.25, 0.3) is 0 Å². The lowest BCUT2D eigenvalue weighted by molar-refractivity contribution is 0.121. The van der Waals surface area contributed by atoms with E-state index in [2.05, 4.69) is 40.3 Å². The molecule has 1 saturated carbocycles. The van der Waals surface area contributed by atoms with Crippen molar-refractivity contribution in [2.24, 2.45) is 5.92 Å². The maximum Gasteiger partial charge on any atom is 0.133 e. The van der Waals surface area contributed by atoms with Crippen molar-refractivity contribution in [1.29, 1.82) is 0 Å². The van der Waals surface area contributed by atoms with Crippen molar-refractivity contribution in [2.75, 3.05) is 26.9 Å². The van der Waals surface area contributed by atoms with Crippen LogP contribution in [0.2, 0.25) is 0 Å². The predicted octanol–water partition coefficient (Wildman–Crippen LogP) is 3.93. The van der Waals surface area contributed by atoms with Crippen LogP contribution in [0.3, 0.4) is 0 Å². The van der Waals surface area contributed by atoms with Gasteiger partial charge in [-0.2, -0.15) is 0 Å². The zero-order valence-electron chi connectivity index (χ0n) is 12.3. The first-order valence-electron chi connectivity index (χ1n) is 7.35. The summed E-state index contributed by atoms with van der Waals surface area (Å²) in [7, 11) is 1.68. The van der Waals surface area contributed by atoms with Crippen LogP contribution in [0.4, 0.5) is 0 Å². The number of rotatable bonds is 9. The monoisotopic (exact) mass is 341 g/mol. The molecule has 1 N–H and O–H groups in total. The fraction of sp³-hybridized carbons (Fsp3) is 0.625. The molecule has 0 amide bonds. The molecule has 1 unspecified atom stereocenters. The van der Waals surface area contributed by atoms with E-state index >= 15 is 0 Å². The van der Waals surface area contributed by atoms with E-state index in [0.717, 1.165) is 42.3 Å². The molecule has 0 aliphatic heterocycles.